The molecule has 0 aromatic heterocycles. The summed E-state index contributed by atoms with van der Waals surface area (Å²) < 4.78 is 10.6. The monoisotopic (exact) mass is 330 g/mol. The smallest absolute Gasteiger partial charge is 0.186 e. The minimum Gasteiger partial charge on any atom is -0.394 e. The SMILES string of the molecule is C=C(CCC=C(C)C=O)CCOC1OC(CO)C(O)C(O)C1O. The molecule has 1 heterocycles. The topological polar surface area (TPSA) is 116 Å². The maximum Gasteiger partial charge on any atom is 0.186 e. The second-order valence-electron chi connectivity index (χ2n) is 5.67. The zero-order valence-electron chi connectivity index (χ0n) is 13.3. The fourth-order valence-corrected chi connectivity index (χ4v) is 2.20. The molecule has 0 aromatic carbocycles. The van der Waals surface area contributed by atoms with Gasteiger partial charge < -0.3 is 29.9 Å². The summed E-state index contributed by atoms with van der Waals surface area (Å²) in [7, 11) is 0. The molecule has 4 N–H and O–H groups in total. The molecule has 1 saturated heterocycles. The Hall–Kier alpha value is -1.09. The first-order valence-corrected chi connectivity index (χ1v) is 7.61. The van der Waals surface area contributed by atoms with Gasteiger partial charge in [0, 0.05) is 0 Å². The molecule has 0 bridgehead atoms. The summed E-state index contributed by atoms with van der Waals surface area (Å²) in [6.07, 6.45) is -1.73. The average Bonchev–Trinajstić information content (AvgIpc) is 2.54. The minimum absolute atomic E-state index is 0.220. The van der Waals surface area contributed by atoms with E-state index in [0.29, 0.717) is 24.8 Å². The predicted octanol–water partition coefficient (Wildman–Crippen LogP) is -0.325. The van der Waals surface area contributed by atoms with Crippen LogP contribution in [0, 0.1) is 0 Å². The zero-order valence-corrected chi connectivity index (χ0v) is 13.3. The molecule has 1 rings (SSSR count). The molecule has 0 saturated carbocycles. The van der Waals surface area contributed by atoms with E-state index in [1.165, 1.54) is 0 Å². The number of hydrogen-bond donors (Lipinski definition) is 4. The molecule has 0 spiro atoms. The van der Waals surface area contributed by atoms with E-state index in [-0.39, 0.29) is 6.61 Å². The van der Waals surface area contributed by atoms with Crippen molar-refractivity contribution in [1.29, 1.82) is 0 Å². The standard InChI is InChI=1S/C16H26O7/c1-10(4-3-5-11(2)8-17)6-7-22-16-15(21)14(20)13(19)12(9-18)23-16/h5,8,12-16,18-21H,1,3-4,6-7,9H2,2H3. The summed E-state index contributed by atoms with van der Waals surface area (Å²) in [6.45, 7) is 5.37. The summed E-state index contributed by atoms with van der Waals surface area (Å²) in [5, 5.41) is 38.2. The number of ether oxygens (including phenoxy) is 2. The van der Waals surface area contributed by atoms with Gasteiger partial charge in [-0.1, -0.05) is 18.2 Å². The lowest BCUT2D eigenvalue weighted by Gasteiger charge is -2.39. The third-order valence-electron chi connectivity index (χ3n) is 3.74. The van der Waals surface area contributed by atoms with Crippen molar-refractivity contribution in [3.05, 3.63) is 23.8 Å². The fourth-order valence-electron chi connectivity index (χ4n) is 2.20. The van der Waals surface area contributed by atoms with E-state index in [0.717, 1.165) is 11.9 Å². The van der Waals surface area contributed by atoms with Crippen LogP contribution in [0.3, 0.4) is 0 Å². The summed E-state index contributed by atoms with van der Waals surface area (Å²) in [4.78, 5) is 10.5. The first-order chi connectivity index (χ1) is 10.9. The molecule has 0 aromatic rings. The lowest BCUT2D eigenvalue weighted by atomic mass is 9.99. The highest BCUT2D eigenvalue weighted by Crippen LogP contribution is 2.22. The molecule has 0 amide bonds. The molecule has 7 heteroatoms. The van der Waals surface area contributed by atoms with E-state index in [1.54, 1.807) is 6.92 Å². The van der Waals surface area contributed by atoms with Gasteiger partial charge in [0.25, 0.3) is 0 Å². The first kappa shape index (κ1) is 20.0. The van der Waals surface area contributed by atoms with Crippen molar-refractivity contribution in [3.63, 3.8) is 0 Å². The number of rotatable bonds is 9. The Morgan fingerprint density at radius 1 is 1.22 bits per heavy atom. The average molecular weight is 330 g/mol. The largest absolute Gasteiger partial charge is 0.394 e. The van der Waals surface area contributed by atoms with E-state index in [4.69, 9.17) is 14.6 Å². The molecule has 1 aliphatic rings. The molecule has 132 valence electrons. The van der Waals surface area contributed by atoms with Gasteiger partial charge in [-0.2, -0.15) is 0 Å². The van der Waals surface area contributed by atoms with Crippen molar-refractivity contribution >= 4 is 6.29 Å². The summed E-state index contributed by atoms with van der Waals surface area (Å²) in [5.41, 5.74) is 1.60. The molecule has 5 atom stereocenters. The van der Waals surface area contributed by atoms with Crippen LogP contribution in [0.4, 0.5) is 0 Å². The highest BCUT2D eigenvalue weighted by molar-refractivity contribution is 5.71. The third kappa shape index (κ3) is 6.14. The zero-order chi connectivity index (χ0) is 17.4. The van der Waals surface area contributed by atoms with Gasteiger partial charge in [0.2, 0.25) is 0 Å². The van der Waals surface area contributed by atoms with Crippen molar-refractivity contribution in [2.45, 2.75) is 56.9 Å². The van der Waals surface area contributed by atoms with Crippen LogP contribution >= 0.6 is 0 Å². The fraction of sp³-hybridized carbons (Fsp3) is 0.688. The van der Waals surface area contributed by atoms with Gasteiger partial charge in [-0.25, -0.2) is 0 Å². The van der Waals surface area contributed by atoms with Crippen molar-refractivity contribution < 1.29 is 34.7 Å². The number of allylic oxidation sites excluding steroid dienone is 2. The highest BCUT2D eigenvalue weighted by atomic mass is 16.7. The van der Waals surface area contributed by atoms with E-state index < -0.39 is 37.3 Å². The van der Waals surface area contributed by atoms with Crippen molar-refractivity contribution in [1.82, 2.24) is 0 Å². The van der Waals surface area contributed by atoms with Gasteiger partial charge in [-0.15, -0.1) is 0 Å². The van der Waals surface area contributed by atoms with Gasteiger partial charge in [0.1, 0.15) is 30.7 Å². The number of aliphatic hydroxyl groups excluding tert-OH is 4. The number of carbonyl (C=O) groups is 1. The number of hydrogen-bond acceptors (Lipinski definition) is 7. The Labute approximate surface area is 135 Å². The van der Waals surface area contributed by atoms with Crippen LogP contribution in [0.2, 0.25) is 0 Å². The van der Waals surface area contributed by atoms with Gasteiger partial charge in [0.15, 0.2) is 6.29 Å². The second kappa shape index (κ2) is 9.92. The van der Waals surface area contributed by atoms with Gasteiger partial charge in [-0.05, 0) is 31.8 Å². The van der Waals surface area contributed by atoms with E-state index in [9.17, 15) is 20.1 Å². The van der Waals surface area contributed by atoms with E-state index in [2.05, 4.69) is 6.58 Å². The van der Waals surface area contributed by atoms with Crippen molar-refractivity contribution in [2.75, 3.05) is 13.2 Å². The van der Waals surface area contributed by atoms with Gasteiger partial charge in [0.05, 0.1) is 13.2 Å². The van der Waals surface area contributed by atoms with E-state index >= 15 is 0 Å². The van der Waals surface area contributed by atoms with Crippen LogP contribution in [0.1, 0.15) is 26.2 Å². The molecule has 5 unspecified atom stereocenters. The van der Waals surface area contributed by atoms with Crippen LogP contribution < -0.4 is 0 Å². The van der Waals surface area contributed by atoms with Gasteiger partial charge in [-0.3, -0.25) is 4.79 Å². The molecule has 7 nitrogen and oxygen atoms in total. The molecule has 0 radical (unpaired) electrons. The Bertz CT molecular complexity index is 419. The van der Waals surface area contributed by atoms with Crippen molar-refractivity contribution in [2.24, 2.45) is 0 Å². The molecule has 1 fully saturated rings. The normalized spacial score (nSPS) is 31.9. The van der Waals surface area contributed by atoms with Crippen LogP contribution in [-0.2, 0) is 14.3 Å². The third-order valence-corrected chi connectivity index (χ3v) is 3.74. The molecular weight excluding hydrogens is 304 g/mol. The number of aldehydes is 1. The first-order valence-electron chi connectivity index (χ1n) is 7.61. The minimum atomic E-state index is -1.44. The Kier molecular flexibility index (Phi) is 8.60. The van der Waals surface area contributed by atoms with Gasteiger partial charge >= 0.3 is 0 Å². The quantitative estimate of drug-likeness (QED) is 0.260. The van der Waals surface area contributed by atoms with Crippen LogP contribution in [0.15, 0.2) is 23.8 Å². The number of aliphatic hydroxyl groups is 4. The summed E-state index contributed by atoms with van der Waals surface area (Å²) in [5.74, 6) is 0. The highest BCUT2D eigenvalue weighted by Gasteiger charge is 2.43. The predicted molar refractivity (Wildman–Crippen MR) is 82.5 cm³/mol. The van der Waals surface area contributed by atoms with E-state index in [1.807, 2.05) is 6.08 Å². The molecule has 0 aliphatic carbocycles. The summed E-state index contributed by atoms with van der Waals surface area (Å²) >= 11 is 0. The summed E-state index contributed by atoms with van der Waals surface area (Å²) in [6, 6.07) is 0. The Balaban J connectivity index is 2.34. The Morgan fingerprint density at radius 2 is 1.91 bits per heavy atom. The van der Waals surface area contributed by atoms with Crippen LogP contribution in [0.5, 0.6) is 0 Å². The van der Waals surface area contributed by atoms with Crippen LogP contribution in [-0.4, -0.2) is 70.6 Å². The lowest BCUT2D eigenvalue weighted by molar-refractivity contribution is -0.300. The lowest BCUT2D eigenvalue weighted by Crippen LogP contribution is -2.59. The maximum absolute atomic E-state index is 10.5. The molecular formula is C16H26O7. The Morgan fingerprint density at radius 3 is 2.52 bits per heavy atom. The second-order valence-corrected chi connectivity index (χ2v) is 5.67. The van der Waals surface area contributed by atoms with Crippen molar-refractivity contribution in [3.8, 4) is 0 Å². The van der Waals surface area contributed by atoms with Crippen LogP contribution in [0.25, 0.3) is 0 Å². The number of carbonyl (C=O) groups excluding carboxylic acids is 1. The maximum atomic E-state index is 10.5. The molecule has 23 heavy (non-hydrogen) atoms. The molecule has 1 aliphatic heterocycles.